The molecule has 1 fully saturated rings. The zero-order chi connectivity index (χ0) is 22.3. The molecule has 2 atom stereocenters. The van der Waals surface area contributed by atoms with Crippen molar-refractivity contribution < 1.29 is 14.1 Å². The molecular weight excluding hydrogens is 404 g/mol. The SMILES string of the molecule is COc1ccc(-c2noc(N3CCC[C@@H](C(=O)N[C@@H](C)CCc4ccccc4)C3)n2)cc1. The fourth-order valence-corrected chi connectivity index (χ4v) is 4.03. The molecule has 1 aromatic heterocycles. The summed E-state index contributed by atoms with van der Waals surface area (Å²) in [5.74, 6) is 1.33. The minimum absolute atomic E-state index is 0.0840. The molecule has 0 bridgehead atoms. The number of rotatable bonds is 8. The predicted molar refractivity (Wildman–Crippen MR) is 124 cm³/mol. The van der Waals surface area contributed by atoms with Crippen molar-refractivity contribution >= 4 is 11.9 Å². The molecule has 3 aromatic rings. The van der Waals surface area contributed by atoms with Crippen molar-refractivity contribution in [1.82, 2.24) is 15.5 Å². The Hall–Kier alpha value is -3.35. The van der Waals surface area contributed by atoms with Crippen molar-refractivity contribution in [3.63, 3.8) is 0 Å². The zero-order valence-electron chi connectivity index (χ0n) is 18.7. The highest BCUT2D eigenvalue weighted by atomic mass is 16.5. The number of carbonyl (C=O) groups is 1. The van der Waals surface area contributed by atoms with Crippen LogP contribution in [0.15, 0.2) is 59.1 Å². The highest BCUT2D eigenvalue weighted by Gasteiger charge is 2.29. The number of anilines is 1. The maximum absolute atomic E-state index is 12.9. The van der Waals surface area contributed by atoms with Gasteiger partial charge in [0, 0.05) is 24.7 Å². The Morgan fingerprint density at radius 2 is 2.00 bits per heavy atom. The highest BCUT2D eigenvalue weighted by molar-refractivity contribution is 5.79. The third-order valence-electron chi connectivity index (χ3n) is 5.92. The molecule has 32 heavy (non-hydrogen) atoms. The second-order valence-electron chi connectivity index (χ2n) is 8.35. The van der Waals surface area contributed by atoms with E-state index in [0.717, 1.165) is 43.5 Å². The first kappa shape index (κ1) is 21.9. The van der Waals surface area contributed by atoms with Crippen LogP contribution in [0.4, 0.5) is 6.01 Å². The van der Waals surface area contributed by atoms with Gasteiger partial charge in [0.15, 0.2) is 0 Å². The number of methoxy groups -OCH3 is 1. The molecule has 1 N–H and O–H groups in total. The van der Waals surface area contributed by atoms with E-state index in [4.69, 9.17) is 9.26 Å². The average Bonchev–Trinajstić information content (AvgIpc) is 3.34. The van der Waals surface area contributed by atoms with Crippen LogP contribution < -0.4 is 15.0 Å². The Labute approximate surface area is 188 Å². The van der Waals surface area contributed by atoms with Crippen molar-refractivity contribution in [3.05, 3.63) is 60.2 Å². The summed E-state index contributed by atoms with van der Waals surface area (Å²) < 4.78 is 10.7. The molecule has 0 spiro atoms. The number of hydrogen-bond donors (Lipinski definition) is 1. The van der Waals surface area contributed by atoms with Crippen LogP contribution in [0, 0.1) is 5.92 Å². The summed E-state index contributed by atoms with van der Waals surface area (Å²) in [6, 6.07) is 18.5. The van der Waals surface area contributed by atoms with Crippen molar-refractivity contribution in [3.8, 4) is 17.1 Å². The summed E-state index contributed by atoms with van der Waals surface area (Å²) in [6.07, 6.45) is 3.65. The van der Waals surface area contributed by atoms with Crippen LogP contribution in [0.5, 0.6) is 5.75 Å². The van der Waals surface area contributed by atoms with Crippen LogP contribution >= 0.6 is 0 Å². The summed E-state index contributed by atoms with van der Waals surface area (Å²) in [4.78, 5) is 19.4. The van der Waals surface area contributed by atoms with E-state index in [1.54, 1.807) is 7.11 Å². The molecular formula is C25H30N4O3. The third kappa shape index (κ3) is 5.46. The summed E-state index contributed by atoms with van der Waals surface area (Å²) in [5.41, 5.74) is 2.15. The number of hydrogen-bond acceptors (Lipinski definition) is 6. The predicted octanol–water partition coefficient (Wildman–Crippen LogP) is 4.10. The van der Waals surface area contributed by atoms with Crippen molar-refractivity contribution in [1.29, 1.82) is 0 Å². The maximum atomic E-state index is 12.9. The minimum atomic E-state index is -0.0840. The quantitative estimate of drug-likeness (QED) is 0.575. The standard InChI is InChI=1S/C25H30N4O3/c1-18(10-11-19-7-4-3-5-8-19)26-24(30)21-9-6-16-29(17-21)25-27-23(28-32-25)20-12-14-22(31-2)15-13-20/h3-5,7-8,12-15,18,21H,6,9-11,16-17H2,1-2H3,(H,26,30)/t18-,21+/m0/s1. The number of piperidine rings is 1. The van der Waals surface area contributed by atoms with Crippen LogP contribution in [0.25, 0.3) is 11.4 Å². The first-order valence-electron chi connectivity index (χ1n) is 11.2. The van der Waals surface area contributed by atoms with Crippen LogP contribution in [0.1, 0.15) is 31.7 Å². The fraction of sp³-hybridized carbons (Fsp3) is 0.400. The molecule has 168 valence electrons. The Morgan fingerprint density at radius 3 is 2.75 bits per heavy atom. The van der Waals surface area contributed by atoms with Gasteiger partial charge in [0.2, 0.25) is 11.7 Å². The van der Waals surface area contributed by atoms with Gasteiger partial charge in [-0.2, -0.15) is 4.98 Å². The molecule has 0 aliphatic carbocycles. The van der Waals surface area contributed by atoms with Crippen LogP contribution in [0.2, 0.25) is 0 Å². The molecule has 4 rings (SSSR count). The first-order valence-corrected chi connectivity index (χ1v) is 11.2. The monoisotopic (exact) mass is 434 g/mol. The van der Waals surface area contributed by atoms with Gasteiger partial charge in [0.05, 0.1) is 13.0 Å². The van der Waals surface area contributed by atoms with E-state index in [0.29, 0.717) is 18.4 Å². The Morgan fingerprint density at radius 1 is 1.22 bits per heavy atom. The molecule has 7 heteroatoms. The van der Waals surface area contributed by atoms with Gasteiger partial charge in [-0.25, -0.2) is 0 Å². The van der Waals surface area contributed by atoms with Gasteiger partial charge >= 0.3 is 6.01 Å². The molecule has 7 nitrogen and oxygen atoms in total. The van der Waals surface area contributed by atoms with Gasteiger partial charge in [-0.1, -0.05) is 35.5 Å². The Bertz CT molecular complexity index is 1000. The van der Waals surface area contributed by atoms with Crippen LogP contribution in [-0.2, 0) is 11.2 Å². The molecule has 1 saturated heterocycles. The second-order valence-corrected chi connectivity index (χ2v) is 8.35. The van der Waals surface area contributed by atoms with E-state index in [-0.39, 0.29) is 17.9 Å². The molecule has 1 aliphatic heterocycles. The van der Waals surface area contributed by atoms with E-state index in [1.165, 1.54) is 5.56 Å². The smallest absolute Gasteiger partial charge is 0.324 e. The number of aromatic nitrogens is 2. The lowest BCUT2D eigenvalue weighted by Crippen LogP contribution is -2.45. The van der Waals surface area contributed by atoms with Crippen molar-refractivity contribution in [2.24, 2.45) is 5.92 Å². The van der Waals surface area contributed by atoms with E-state index >= 15 is 0 Å². The van der Waals surface area contributed by atoms with Gasteiger partial charge in [-0.15, -0.1) is 0 Å². The average molecular weight is 435 g/mol. The van der Waals surface area contributed by atoms with E-state index < -0.39 is 0 Å². The second kappa shape index (κ2) is 10.3. The molecule has 0 unspecified atom stereocenters. The minimum Gasteiger partial charge on any atom is -0.497 e. The third-order valence-corrected chi connectivity index (χ3v) is 5.92. The van der Waals surface area contributed by atoms with E-state index in [2.05, 4.69) is 34.5 Å². The zero-order valence-corrected chi connectivity index (χ0v) is 18.7. The van der Waals surface area contributed by atoms with Gasteiger partial charge in [-0.05, 0) is 62.4 Å². The number of aryl methyl sites for hydroxylation is 1. The maximum Gasteiger partial charge on any atom is 0.324 e. The molecule has 2 aromatic carbocycles. The highest BCUT2D eigenvalue weighted by Crippen LogP contribution is 2.26. The van der Waals surface area contributed by atoms with Crippen molar-refractivity contribution in [2.75, 3.05) is 25.1 Å². The lowest BCUT2D eigenvalue weighted by molar-refractivity contribution is -0.125. The topological polar surface area (TPSA) is 80.5 Å². The molecule has 1 amide bonds. The molecule has 0 saturated carbocycles. The lowest BCUT2D eigenvalue weighted by Gasteiger charge is -2.31. The van der Waals surface area contributed by atoms with E-state index in [9.17, 15) is 4.79 Å². The van der Waals surface area contributed by atoms with Gasteiger partial charge in [0.1, 0.15) is 5.75 Å². The largest absolute Gasteiger partial charge is 0.497 e. The fourth-order valence-electron chi connectivity index (χ4n) is 4.03. The van der Waals surface area contributed by atoms with Gasteiger partial charge in [0.25, 0.3) is 0 Å². The van der Waals surface area contributed by atoms with E-state index in [1.807, 2.05) is 47.4 Å². The summed E-state index contributed by atoms with van der Waals surface area (Å²) in [5, 5.41) is 7.31. The Balaban J connectivity index is 1.31. The molecule has 0 radical (unpaired) electrons. The van der Waals surface area contributed by atoms with Gasteiger partial charge in [-0.3, -0.25) is 4.79 Å². The lowest BCUT2D eigenvalue weighted by atomic mass is 9.96. The normalized spacial score (nSPS) is 17.1. The van der Waals surface area contributed by atoms with Crippen LogP contribution in [-0.4, -0.2) is 42.3 Å². The number of carbonyl (C=O) groups excluding carboxylic acids is 1. The summed E-state index contributed by atoms with van der Waals surface area (Å²) in [7, 11) is 1.63. The number of benzene rings is 2. The Kier molecular flexibility index (Phi) is 7.04. The first-order chi connectivity index (χ1) is 15.6. The summed E-state index contributed by atoms with van der Waals surface area (Å²) >= 11 is 0. The van der Waals surface area contributed by atoms with Crippen molar-refractivity contribution in [2.45, 2.75) is 38.6 Å². The summed E-state index contributed by atoms with van der Waals surface area (Å²) in [6.45, 7) is 3.46. The van der Waals surface area contributed by atoms with Gasteiger partial charge < -0.3 is 19.5 Å². The number of amides is 1. The molecule has 1 aliphatic rings. The number of nitrogens with zero attached hydrogens (tertiary/aromatic N) is 3. The number of nitrogens with one attached hydrogen (secondary N) is 1. The number of ether oxygens (including phenoxy) is 1. The molecule has 2 heterocycles. The van der Waals surface area contributed by atoms with Crippen LogP contribution in [0.3, 0.4) is 0 Å².